The predicted octanol–water partition coefficient (Wildman–Crippen LogP) is 4.20. The lowest BCUT2D eigenvalue weighted by Gasteiger charge is -2.13. The number of aryl methyl sites for hydroxylation is 1. The molecule has 0 aliphatic rings. The van der Waals surface area contributed by atoms with E-state index in [1.807, 2.05) is 19.1 Å². The fraction of sp³-hybridized carbons (Fsp3) is 0.200. The third kappa shape index (κ3) is 5.71. The first kappa shape index (κ1) is 21.6. The van der Waals surface area contributed by atoms with Crippen molar-refractivity contribution in [1.29, 1.82) is 0 Å². The summed E-state index contributed by atoms with van der Waals surface area (Å²) < 4.78 is 11.6. The van der Waals surface area contributed by atoms with E-state index in [4.69, 9.17) is 32.7 Å². The Morgan fingerprint density at radius 2 is 1.97 bits per heavy atom. The van der Waals surface area contributed by atoms with E-state index >= 15 is 0 Å². The quantitative estimate of drug-likeness (QED) is 0.396. The molecule has 0 fully saturated rings. The lowest BCUT2D eigenvalue weighted by atomic mass is 10.2. The van der Waals surface area contributed by atoms with Crippen LogP contribution in [0, 0.1) is 6.92 Å². The molecule has 2 aromatic carbocycles. The molecule has 0 aliphatic carbocycles. The third-order valence-electron chi connectivity index (χ3n) is 3.91. The Hall–Kier alpha value is -3.10. The van der Waals surface area contributed by atoms with Crippen molar-refractivity contribution in [2.75, 3.05) is 12.0 Å². The largest absolute Gasteiger partial charge is 0.490 e. The van der Waals surface area contributed by atoms with E-state index in [0.29, 0.717) is 40.5 Å². The van der Waals surface area contributed by atoms with Crippen LogP contribution in [0.3, 0.4) is 0 Å². The molecule has 1 heterocycles. The SMILES string of the molecule is CCOc1cc(C=NNc2nc(=O)[nH]nc2C)ccc1OCc1ccc(Cl)c(Cl)c1. The number of benzene rings is 2. The molecule has 8 nitrogen and oxygen atoms in total. The number of H-pyrrole nitrogens is 1. The van der Waals surface area contributed by atoms with E-state index < -0.39 is 5.69 Å². The summed E-state index contributed by atoms with van der Waals surface area (Å²) in [4.78, 5) is 15.0. The molecule has 0 spiro atoms. The number of ether oxygens (including phenoxy) is 2. The Morgan fingerprint density at radius 1 is 1.13 bits per heavy atom. The number of anilines is 1. The number of aromatic amines is 1. The summed E-state index contributed by atoms with van der Waals surface area (Å²) in [5, 5.41) is 11.1. The minimum Gasteiger partial charge on any atom is -0.490 e. The number of rotatable bonds is 8. The molecular formula is C20H19Cl2N5O3. The van der Waals surface area contributed by atoms with Crippen LogP contribution in [0.2, 0.25) is 10.0 Å². The Morgan fingerprint density at radius 3 is 2.73 bits per heavy atom. The molecule has 0 amide bonds. The van der Waals surface area contributed by atoms with Crippen molar-refractivity contribution < 1.29 is 9.47 Å². The summed E-state index contributed by atoms with van der Waals surface area (Å²) in [6.45, 7) is 4.38. The molecule has 0 aliphatic heterocycles. The number of hydrogen-bond acceptors (Lipinski definition) is 7. The molecular weight excluding hydrogens is 429 g/mol. The zero-order valence-corrected chi connectivity index (χ0v) is 17.8. The highest BCUT2D eigenvalue weighted by atomic mass is 35.5. The van der Waals surface area contributed by atoms with Crippen LogP contribution in [-0.4, -0.2) is 28.0 Å². The van der Waals surface area contributed by atoms with Gasteiger partial charge in [-0.1, -0.05) is 29.3 Å². The summed E-state index contributed by atoms with van der Waals surface area (Å²) >= 11 is 12.0. The van der Waals surface area contributed by atoms with Crippen molar-refractivity contribution in [3.8, 4) is 11.5 Å². The first-order valence-corrected chi connectivity index (χ1v) is 9.78. The summed E-state index contributed by atoms with van der Waals surface area (Å²) in [7, 11) is 0. The molecule has 30 heavy (non-hydrogen) atoms. The van der Waals surface area contributed by atoms with Gasteiger partial charge in [0.15, 0.2) is 17.3 Å². The average molecular weight is 448 g/mol. The molecule has 156 valence electrons. The highest BCUT2D eigenvalue weighted by Crippen LogP contribution is 2.30. The van der Waals surface area contributed by atoms with Gasteiger partial charge < -0.3 is 9.47 Å². The van der Waals surface area contributed by atoms with Gasteiger partial charge in [-0.2, -0.15) is 15.2 Å². The third-order valence-corrected chi connectivity index (χ3v) is 4.64. The van der Waals surface area contributed by atoms with Crippen LogP contribution in [0.4, 0.5) is 5.82 Å². The predicted molar refractivity (Wildman–Crippen MR) is 117 cm³/mol. The fourth-order valence-corrected chi connectivity index (χ4v) is 2.77. The van der Waals surface area contributed by atoms with Crippen LogP contribution in [0.15, 0.2) is 46.3 Å². The van der Waals surface area contributed by atoms with Crippen molar-refractivity contribution in [2.24, 2.45) is 5.10 Å². The van der Waals surface area contributed by atoms with Gasteiger partial charge in [0.05, 0.1) is 22.9 Å². The van der Waals surface area contributed by atoms with Gasteiger partial charge in [0.25, 0.3) is 0 Å². The molecule has 3 rings (SSSR count). The summed E-state index contributed by atoms with van der Waals surface area (Å²) in [5.74, 6) is 1.44. The summed E-state index contributed by atoms with van der Waals surface area (Å²) in [6.07, 6.45) is 1.58. The molecule has 0 unspecified atom stereocenters. The maximum atomic E-state index is 11.3. The van der Waals surface area contributed by atoms with Crippen molar-refractivity contribution in [3.63, 3.8) is 0 Å². The fourth-order valence-electron chi connectivity index (χ4n) is 2.45. The molecule has 0 saturated heterocycles. The molecule has 0 radical (unpaired) electrons. The molecule has 10 heteroatoms. The van der Waals surface area contributed by atoms with Gasteiger partial charge in [-0.25, -0.2) is 9.89 Å². The Kier molecular flexibility index (Phi) is 7.26. The number of aromatic nitrogens is 3. The second kappa shape index (κ2) is 10.1. The number of halogens is 2. The zero-order valence-electron chi connectivity index (χ0n) is 16.3. The van der Waals surface area contributed by atoms with Gasteiger partial charge in [-0.15, -0.1) is 0 Å². The Balaban J connectivity index is 1.71. The first-order chi connectivity index (χ1) is 14.5. The molecule has 0 saturated carbocycles. The van der Waals surface area contributed by atoms with E-state index in [-0.39, 0.29) is 5.82 Å². The summed E-state index contributed by atoms with van der Waals surface area (Å²) in [5.41, 5.74) is 4.32. The highest BCUT2D eigenvalue weighted by Gasteiger charge is 2.08. The smallest absolute Gasteiger partial charge is 0.363 e. The number of hydrogen-bond donors (Lipinski definition) is 2. The van der Waals surface area contributed by atoms with Gasteiger partial charge in [-0.05, 0) is 55.3 Å². The Labute approximate surface area is 182 Å². The second-order valence-corrected chi connectivity index (χ2v) is 6.94. The van der Waals surface area contributed by atoms with Crippen LogP contribution in [0.25, 0.3) is 0 Å². The van der Waals surface area contributed by atoms with Crippen LogP contribution in [0.5, 0.6) is 11.5 Å². The molecule has 1 aromatic heterocycles. The highest BCUT2D eigenvalue weighted by molar-refractivity contribution is 6.42. The van der Waals surface area contributed by atoms with Crippen molar-refractivity contribution in [2.45, 2.75) is 20.5 Å². The lowest BCUT2D eigenvalue weighted by molar-refractivity contribution is 0.269. The number of hydrazone groups is 1. The number of nitrogens with one attached hydrogen (secondary N) is 2. The van der Waals surface area contributed by atoms with Crippen LogP contribution in [-0.2, 0) is 6.61 Å². The van der Waals surface area contributed by atoms with Crippen LogP contribution >= 0.6 is 23.2 Å². The Bertz CT molecular complexity index is 1120. The molecule has 0 atom stereocenters. The van der Waals surface area contributed by atoms with E-state index in [1.165, 1.54) is 0 Å². The van der Waals surface area contributed by atoms with Gasteiger partial charge in [0.1, 0.15) is 12.3 Å². The van der Waals surface area contributed by atoms with Crippen LogP contribution in [0.1, 0.15) is 23.7 Å². The first-order valence-electron chi connectivity index (χ1n) is 9.02. The van der Waals surface area contributed by atoms with E-state index in [2.05, 4.69) is 25.7 Å². The van der Waals surface area contributed by atoms with E-state index in [1.54, 1.807) is 37.4 Å². The molecule has 3 aromatic rings. The van der Waals surface area contributed by atoms with Gasteiger partial charge in [0, 0.05) is 0 Å². The number of nitrogens with zero attached hydrogens (tertiary/aromatic N) is 3. The monoisotopic (exact) mass is 447 g/mol. The van der Waals surface area contributed by atoms with Crippen molar-refractivity contribution in [1.82, 2.24) is 15.2 Å². The van der Waals surface area contributed by atoms with Gasteiger partial charge in [0.2, 0.25) is 0 Å². The maximum Gasteiger partial charge on any atom is 0.363 e. The van der Waals surface area contributed by atoms with Crippen molar-refractivity contribution in [3.05, 3.63) is 73.7 Å². The molecule has 0 bridgehead atoms. The van der Waals surface area contributed by atoms with Crippen molar-refractivity contribution >= 4 is 35.2 Å². The minimum absolute atomic E-state index is 0.279. The second-order valence-electron chi connectivity index (χ2n) is 6.12. The summed E-state index contributed by atoms with van der Waals surface area (Å²) in [6, 6.07) is 10.8. The minimum atomic E-state index is -0.555. The average Bonchev–Trinajstić information content (AvgIpc) is 2.72. The van der Waals surface area contributed by atoms with Gasteiger partial charge in [-0.3, -0.25) is 5.43 Å². The lowest BCUT2D eigenvalue weighted by Crippen LogP contribution is -2.15. The van der Waals surface area contributed by atoms with Gasteiger partial charge >= 0.3 is 5.69 Å². The van der Waals surface area contributed by atoms with E-state index in [0.717, 1.165) is 11.1 Å². The standard InChI is InChI=1S/C20H19Cl2N5O3/c1-3-29-18-9-13(10-23-26-19-12(2)25-27-20(28)24-19)5-7-17(18)30-11-14-4-6-15(21)16(22)8-14/h4-10H,3,11H2,1-2H3,(H2,24,26,27,28). The zero-order chi connectivity index (χ0) is 21.5. The normalized spacial score (nSPS) is 10.9. The molecule has 2 N–H and O–H groups in total. The van der Waals surface area contributed by atoms with Crippen LogP contribution < -0.4 is 20.6 Å². The maximum absolute atomic E-state index is 11.3. The topological polar surface area (TPSA) is 101 Å². The van der Waals surface area contributed by atoms with E-state index in [9.17, 15) is 4.79 Å².